The van der Waals surface area contributed by atoms with Crippen LogP contribution in [0.3, 0.4) is 0 Å². The second-order valence-corrected chi connectivity index (χ2v) is 15.6. The number of hydrogen-bond acceptors (Lipinski definition) is 7. The van der Waals surface area contributed by atoms with Gasteiger partial charge in [-0.15, -0.1) is 0 Å². The van der Waals surface area contributed by atoms with Crippen LogP contribution in [0.15, 0.2) is 97.2 Å². The van der Waals surface area contributed by atoms with E-state index in [1.807, 2.05) is 0 Å². The molecule has 0 aliphatic heterocycles. The summed E-state index contributed by atoms with van der Waals surface area (Å²) in [7, 11) is -4.29. The van der Waals surface area contributed by atoms with Crippen LogP contribution in [0.25, 0.3) is 0 Å². The minimum absolute atomic E-state index is 0.0882. The molecule has 9 heteroatoms. The number of phosphoric ester groups is 1. The Hall–Kier alpha value is -2.58. The van der Waals surface area contributed by atoms with Crippen LogP contribution in [0, 0.1) is 0 Å². The number of esters is 1. The maximum Gasteiger partial charge on any atom is 0.472 e. The number of rotatable bonds is 41. The SMILES string of the molecule is CC/C=C\C/C=C\C/C=C\C/C=C\C/C=C\C/C=C\CCCCCCC(=O)OC(COCCCCCCCC/C=C\C/C=C\CCCC)COP(=O)(O)OCCN. The second kappa shape index (κ2) is 44.5. The van der Waals surface area contributed by atoms with Crippen molar-refractivity contribution in [2.75, 3.05) is 33.0 Å². The zero-order valence-corrected chi connectivity index (χ0v) is 36.9. The Balaban J connectivity index is 4.13. The molecule has 0 aromatic rings. The molecule has 0 heterocycles. The highest BCUT2D eigenvalue weighted by Crippen LogP contribution is 2.43. The summed E-state index contributed by atoms with van der Waals surface area (Å²) in [6.45, 7) is 4.68. The van der Waals surface area contributed by atoms with Gasteiger partial charge < -0.3 is 20.1 Å². The number of phosphoric acid groups is 1. The normalized spacial score (nSPS) is 14.4. The molecule has 0 spiro atoms. The molecular formula is C48H82NO7P. The van der Waals surface area contributed by atoms with E-state index in [0.29, 0.717) is 6.61 Å². The van der Waals surface area contributed by atoms with Gasteiger partial charge in [0, 0.05) is 19.6 Å². The smallest absolute Gasteiger partial charge is 0.457 e. The first-order valence-corrected chi connectivity index (χ1v) is 23.7. The number of hydrogen-bond donors (Lipinski definition) is 2. The third-order valence-corrected chi connectivity index (χ3v) is 9.72. The molecule has 0 aliphatic carbocycles. The fourth-order valence-corrected chi connectivity index (χ4v) is 6.25. The zero-order chi connectivity index (χ0) is 41.6. The molecule has 0 saturated carbocycles. The van der Waals surface area contributed by atoms with Crippen molar-refractivity contribution >= 4 is 13.8 Å². The summed E-state index contributed by atoms with van der Waals surface area (Å²) < 4.78 is 33.4. The van der Waals surface area contributed by atoms with Crippen LogP contribution in [0.1, 0.15) is 162 Å². The van der Waals surface area contributed by atoms with E-state index in [0.717, 1.165) is 103 Å². The average Bonchev–Trinajstić information content (AvgIpc) is 3.20. The topological polar surface area (TPSA) is 117 Å². The standard InChI is InChI=1S/C48H82NO7P/c1-3-5-7-9-11-13-15-17-19-20-21-22-23-24-25-26-27-29-31-33-35-37-39-41-48(50)56-47(46-55-57(51,52)54-44-42-49)45-53-43-40-38-36-34-32-30-28-18-16-14-12-10-8-6-4-2/h5,7,10-13,16-19,21-22,24-25,27,29,47H,3-4,6,8-9,14-15,20,23,26,28,30-46,49H2,1-2H3,(H,51,52)/b7-5-,12-10-,13-11-,18-16-,19-17-,22-21-,25-24-,29-27-. The monoisotopic (exact) mass is 816 g/mol. The van der Waals surface area contributed by atoms with Crippen molar-refractivity contribution in [1.82, 2.24) is 0 Å². The number of allylic oxidation sites excluding steroid dienone is 16. The maximum atomic E-state index is 12.6. The van der Waals surface area contributed by atoms with Crippen LogP contribution in [-0.4, -0.2) is 49.9 Å². The molecule has 0 aliphatic rings. The number of unbranched alkanes of at least 4 members (excludes halogenated alkanes) is 12. The van der Waals surface area contributed by atoms with Crippen molar-refractivity contribution in [2.24, 2.45) is 5.73 Å². The highest BCUT2D eigenvalue weighted by Gasteiger charge is 2.25. The molecule has 0 fully saturated rings. The Kier molecular flexibility index (Phi) is 42.5. The Morgan fingerprint density at radius 2 is 0.982 bits per heavy atom. The summed E-state index contributed by atoms with van der Waals surface area (Å²) >= 11 is 0. The Labute approximate surface area is 349 Å². The number of nitrogens with two attached hydrogens (primary N) is 1. The predicted octanol–water partition coefficient (Wildman–Crippen LogP) is 13.5. The van der Waals surface area contributed by atoms with Gasteiger partial charge in [0.1, 0.15) is 6.10 Å². The summed E-state index contributed by atoms with van der Waals surface area (Å²) in [5.41, 5.74) is 5.37. The molecule has 0 amide bonds. The molecule has 2 unspecified atom stereocenters. The lowest BCUT2D eigenvalue weighted by Crippen LogP contribution is -2.28. The van der Waals surface area contributed by atoms with Gasteiger partial charge >= 0.3 is 13.8 Å². The summed E-state index contributed by atoms with van der Waals surface area (Å²) in [4.78, 5) is 22.5. The van der Waals surface area contributed by atoms with Gasteiger partial charge in [-0.1, -0.05) is 162 Å². The Morgan fingerprint density at radius 1 is 0.544 bits per heavy atom. The highest BCUT2D eigenvalue weighted by molar-refractivity contribution is 7.47. The quantitative estimate of drug-likeness (QED) is 0.0271. The second-order valence-electron chi connectivity index (χ2n) is 14.2. The summed E-state index contributed by atoms with van der Waals surface area (Å²) in [5.74, 6) is -0.363. The molecule has 3 N–H and O–H groups in total. The van der Waals surface area contributed by atoms with Gasteiger partial charge in [-0.05, 0) is 89.9 Å². The molecular weight excluding hydrogens is 734 g/mol. The van der Waals surface area contributed by atoms with Gasteiger partial charge in [0.2, 0.25) is 0 Å². The molecule has 0 aromatic carbocycles. The van der Waals surface area contributed by atoms with Crippen LogP contribution < -0.4 is 5.73 Å². The molecule has 0 aromatic heterocycles. The number of ether oxygens (including phenoxy) is 2. The van der Waals surface area contributed by atoms with Gasteiger partial charge in [-0.25, -0.2) is 4.57 Å². The minimum Gasteiger partial charge on any atom is -0.457 e. The van der Waals surface area contributed by atoms with E-state index in [1.54, 1.807) is 0 Å². The van der Waals surface area contributed by atoms with Crippen LogP contribution in [0.5, 0.6) is 0 Å². The van der Waals surface area contributed by atoms with E-state index in [9.17, 15) is 14.3 Å². The van der Waals surface area contributed by atoms with E-state index in [-0.39, 0.29) is 38.8 Å². The van der Waals surface area contributed by atoms with Crippen LogP contribution in [-0.2, 0) is 27.9 Å². The van der Waals surface area contributed by atoms with Gasteiger partial charge in [0.05, 0.1) is 19.8 Å². The molecule has 0 radical (unpaired) electrons. The highest BCUT2D eigenvalue weighted by atomic mass is 31.2. The van der Waals surface area contributed by atoms with E-state index < -0.39 is 13.9 Å². The maximum absolute atomic E-state index is 12.6. The van der Waals surface area contributed by atoms with Crippen molar-refractivity contribution in [3.05, 3.63) is 97.2 Å². The van der Waals surface area contributed by atoms with E-state index in [4.69, 9.17) is 24.3 Å². The van der Waals surface area contributed by atoms with Crippen molar-refractivity contribution in [3.63, 3.8) is 0 Å². The molecule has 57 heavy (non-hydrogen) atoms. The first kappa shape index (κ1) is 54.4. The van der Waals surface area contributed by atoms with E-state index in [2.05, 4.69) is 111 Å². The fraction of sp³-hybridized carbons (Fsp3) is 0.646. The summed E-state index contributed by atoms with van der Waals surface area (Å²) in [6, 6.07) is 0. The van der Waals surface area contributed by atoms with Gasteiger partial charge in [0.15, 0.2) is 0 Å². The molecule has 0 saturated heterocycles. The van der Waals surface area contributed by atoms with Crippen molar-refractivity contribution in [1.29, 1.82) is 0 Å². The lowest BCUT2D eigenvalue weighted by atomic mass is 10.1. The van der Waals surface area contributed by atoms with Crippen LogP contribution >= 0.6 is 7.82 Å². The van der Waals surface area contributed by atoms with Crippen LogP contribution in [0.4, 0.5) is 0 Å². The minimum atomic E-state index is -4.29. The zero-order valence-electron chi connectivity index (χ0n) is 36.0. The first-order chi connectivity index (χ1) is 27.9. The van der Waals surface area contributed by atoms with Gasteiger partial charge in [-0.2, -0.15) is 0 Å². The summed E-state index contributed by atoms with van der Waals surface area (Å²) in [5, 5.41) is 0. The lowest BCUT2D eigenvalue weighted by molar-refractivity contribution is -0.154. The molecule has 8 nitrogen and oxygen atoms in total. The third kappa shape index (κ3) is 44.4. The number of carbonyl (C=O) groups is 1. The number of carbonyl (C=O) groups excluding carboxylic acids is 1. The summed E-state index contributed by atoms with van der Waals surface area (Å²) in [6.07, 6.45) is 58.5. The molecule has 326 valence electrons. The lowest BCUT2D eigenvalue weighted by Gasteiger charge is -2.20. The van der Waals surface area contributed by atoms with Crippen molar-refractivity contribution in [2.45, 2.75) is 168 Å². The predicted molar refractivity (Wildman–Crippen MR) is 242 cm³/mol. The van der Waals surface area contributed by atoms with Crippen molar-refractivity contribution in [3.8, 4) is 0 Å². The fourth-order valence-electron chi connectivity index (χ4n) is 5.49. The average molecular weight is 816 g/mol. The molecule has 0 bridgehead atoms. The van der Waals surface area contributed by atoms with E-state index >= 15 is 0 Å². The van der Waals surface area contributed by atoms with Gasteiger partial charge in [0.25, 0.3) is 0 Å². The van der Waals surface area contributed by atoms with E-state index in [1.165, 1.54) is 38.5 Å². The Bertz CT molecular complexity index is 1190. The van der Waals surface area contributed by atoms with Gasteiger partial charge in [-0.3, -0.25) is 13.8 Å². The molecule has 0 rings (SSSR count). The third-order valence-electron chi connectivity index (χ3n) is 8.74. The van der Waals surface area contributed by atoms with Crippen molar-refractivity contribution < 1.29 is 32.8 Å². The molecule has 2 atom stereocenters. The first-order valence-electron chi connectivity index (χ1n) is 22.2. The Morgan fingerprint density at radius 3 is 1.47 bits per heavy atom. The largest absolute Gasteiger partial charge is 0.472 e. The van der Waals surface area contributed by atoms with Crippen LogP contribution in [0.2, 0.25) is 0 Å².